The summed E-state index contributed by atoms with van der Waals surface area (Å²) in [6.45, 7) is 2.32. The van der Waals surface area contributed by atoms with E-state index < -0.39 is 11.7 Å². The maximum Gasteiger partial charge on any atom is 0.299 e. The summed E-state index contributed by atoms with van der Waals surface area (Å²) >= 11 is 8.39. The molecule has 0 spiro atoms. The van der Waals surface area contributed by atoms with Gasteiger partial charge in [-0.15, -0.1) is 11.3 Å². The van der Waals surface area contributed by atoms with E-state index in [4.69, 9.17) is 0 Å². The standard InChI is InChI=1S/C14H9Br2NO2S/c1-7-4-8(15)5-9-12(7)17(14(19)13(9)18)6-11-10(16)2-3-20-11/h2-5H,6H2,1H3. The third-order valence-electron chi connectivity index (χ3n) is 3.21. The quantitative estimate of drug-likeness (QED) is 0.686. The SMILES string of the molecule is Cc1cc(Br)cc2c1N(Cc1sccc1Br)C(=O)C2=O. The lowest BCUT2D eigenvalue weighted by Gasteiger charge is -2.18. The summed E-state index contributed by atoms with van der Waals surface area (Å²) in [5.74, 6) is -0.890. The number of rotatable bonds is 2. The summed E-state index contributed by atoms with van der Waals surface area (Å²) in [7, 11) is 0. The number of benzene rings is 1. The molecule has 1 aromatic carbocycles. The minimum Gasteiger partial charge on any atom is -0.299 e. The van der Waals surface area contributed by atoms with Crippen molar-refractivity contribution in [3.63, 3.8) is 0 Å². The number of thiophene rings is 1. The number of Topliss-reactive ketones (excluding diaryl/α,β-unsaturated/α-hetero) is 1. The molecule has 0 radical (unpaired) electrons. The van der Waals surface area contributed by atoms with Gasteiger partial charge in [0.1, 0.15) is 0 Å². The Morgan fingerprint density at radius 3 is 2.65 bits per heavy atom. The molecular formula is C14H9Br2NO2S. The molecule has 1 amide bonds. The van der Waals surface area contributed by atoms with Gasteiger partial charge in [0.15, 0.2) is 0 Å². The largest absolute Gasteiger partial charge is 0.299 e. The number of hydrogen-bond donors (Lipinski definition) is 0. The number of hydrogen-bond acceptors (Lipinski definition) is 3. The molecular weight excluding hydrogens is 406 g/mol. The maximum atomic E-state index is 12.2. The number of fused-ring (bicyclic) bond motifs is 1. The normalized spacial score (nSPS) is 14.1. The third kappa shape index (κ3) is 2.16. The molecule has 0 saturated heterocycles. The molecule has 102 valence electrons. The first-order valence-electron chi connectivity index (χ1n) is 5.87. The molecule has 0 atom stereocenters. The van der Waals surface area contributed by atoms with E-state index in [1.165, 1.54) is 0 Å². The van der Waals surface area contributed by atoms with Gasteiger partial charge in [-0.2, -0.15) is 0 Å². The van der Waals surface area contributed by atoms with Crippen molar-refractivity contribution in [1.29, 1.82) is 0 Å². The highest BCUT2D eigenvalue weighted by Gasteiger charge is 2.37. The minimum absolute atomic E-state index is 0.415. The first-order chi connectivity index (χ1) is 9.49. The highest BCUT2D eigenvalue weighted by Crippen LogP contribution is 2.37. The molecule has 20 heavy (non-hydrogen) atoms. The molecule has 2 heterocycles. The Bertz CT molecular complexity index is 739. The number of aryl methyl sites for hydroxylation is 1. The van der Waals surface area contributed by atoms with E-state index in [2.05, 4.69) is 31.9 Å². The molecule has 0 fully saturated rings. The van der Waals surface area contributed by atoms with Gasteiger partial charge in [0.25, 0.3) is 11.7 Å². The van der Waals surface area contributed by atoms with Crippen LogP contribution in [0.4, 0.5) is 5.69 Å². The second-order valence-electron chi connectivity index (χ2n) is 4.53. The van der Waals surface area contributed by atoms with Gasteiger partial charge in [0.05, 0.1) is 17.8 Å². The predicted molar refractivity (Wildman–Crippen MR) is 86.4 cm³/mol. The zero-order chi connectivity index (χ0) is 14.4. The fourth-order valence-electron chi connectivity index (χ4n) is 2.34. The number of carbonyl (C=O) groups excluding carboxylic acids is 2. The van der Waals surface area contributed by atoms with Gasteiger partial charge < -0.3 is 0 Å². The highest BCUT2D eigenvalue weighted by molar-refractivity contribution is 9.10. The summed E-state index contributed by atoms with van der Waals surface area (Å²) in [6, 6.07) is 5.57. The van der Waals surface area contributed by atoms with Gasteiger partial charge in [0.2, 0.25) is 0 Å². The van der Waals surface area contributed by atoms with Gasteiger partial charge >= 0.3 is 0 Å². The average Bonchev–Trinajstić information content (AvgIpc) is 2.88. The van der Waals surface area contributed by atoms with E-state index in [-0.39, 0.29) is 0 Å². The van der Waals surface area contributed by atoms with E-state index in [9.17, 15) is 9.59 Å². The lowest BCUT2D eigenvalue weighted by Crippen LogP contribution is -2.29. The van der Waals surface area contributed by atoms with E-state index in [1.54, 1.807) is 22.3 Å². The van der Waals surface area contributed by atoms with Crippen molar-refractivity contribution in [3.8, 4) is 0 Å². The van der Waals surface area contributed by atoms with Crippen LogP contribution in [-0.2, 0) is 11.3 Å². The molecule has 2 aromatic rings. The van der Waals surface area contributed by atoms with Crippen LogP contribution in [0, 0.1) is 6.92 Å². The van der Waals surface area contributed by atoms with Crippen molar-refractivity contribution in [2.24, 2.45) is 0 Å². The van der Waals surface area contributed by atoms with Crippen LogP contribution in [0.15, 0.2) is 32.5 Å². The predicted octanol–water partition coefficient (Wildman–Crippen LogP) is 4.31. The van der Waals surface area contributed by atoms with Crippen LogP contribution in [-0.4, -0.2) is 11.7 Å². The topological polar surface area (TPSA) is 37.4 Å². The van der Waals surface area contributed by atoms with Gasteiger partial charge in [-0.1, -0.05) is 15.9 Å². The average molecular weight is 415 g/mol. The van der Waals surface area contributed by atoms with Crippen molar-refractivity contribution in [2.45, 2.75) is 13.5 Å². The molecule has 3 rings (SSSR count). The molecule has 3 nitrogen and oxygen atoms in total. The number of nitrogens with zero attached hydrogens (tertiary/aromatic N) is 1. The summed E-state index contributed by atoms with van der Waals surface area (Å²) in [5.41, 5.74) is 2.12. The van der Waals surface area contributed by atoms with Crippen LogP contribution < -0.4 is 4.90 Å². The van der Waals surface area contributed by atoms with Gasteiger partial charge in [-0.3, -0.25) is 14.5 Å². The minimum atomic E-state index is -0.457. The molecule has 1 aliphatic rings. The number of carbonyl (C=O) groups is 2. The fraction of sp³-hybridized carbons (Fsp3) is 0.143. The zero-order valence-corrected chi connectivity index (χ0v) is 14.4. The smallest absolute Gasteiger partial charge is 0.299 e. The monoisotopic (exact) mass is 413 g/mol. The van der Waals surface area contributed by atoms with E-state index >= 15 is 0 Å². The maximum absolute atomic E-state index is 12.2. The number of ketones is 1. The Hall–Kier alpha value is -0.980. The molecule has 1 aliphatic heterocycles. The van der Waals surface area contributed by atoms with Crippen molar-refractivity contribution in [3.05, 3.63) is 48.5 Å². The number of halogens is 2. The van der Waals surface area contributed by atoms with Crippen molar-refractivity contribution >= 4 is 60.6 Å². The lowest BCUT2D eigenvalue weighted by atomic mass is 10.1. The number of amides is 1. The molecule has 6 heteroatoms. The van der Waals surface area contributed by atoms with E-state index in [0.717, 1.165) is 25.1 Å². The summed E-state index contributed by atoms with van der Waals surface area (Å²) < 4.78 is 1.78. The fourth-order valence-corrected chi connectivity index (χ4v) is 4.38. The van der Waals surface area contributed by atoms with E-state index in [0.29, 0.717) is 12.1 Å². The van der Waals surface area contributed by atoms with Gasteiger partial charge in [0, 0.05) is 13.8 Å². The summed E-state index contributed by atoms with van der Waals surface area (Å²) in [6.07, 6.45) is 0. The van der Waals surface area contributed by atoms with Gasteiger partial charge in [-0.25, -0.2) is 0 Å². The molecule has 0 N–H and O–H groups in total. The zero-order valence-electron chi connectivity index (χ0n) is 10.4. The van der Waals surface area contributed by atoms with Crippen molar-refractivity contribution in [1.82, 2.24) is 0 Å². The molecule has 0 bridgehead atoms. The van der Waals surface area contributed by atoms with Crippen LogP contribution in [0.25, 0.3) is 0 Å². The van der Waals surface area contributed by atoms with Crippen molar-refractivity contribution in [2.75, 3.05) is 4.90 Å². The van der Waals surface area contributed by atoms with E-state index in [1.807, 2.05) is 24.4 Å². The van der Waals surface area contributed by atoms with Crippen LogP contribution in [0.1, 0.15) is 20.8 Å². The van der Waals surface area contributed by atoms with Crippen LogP contribution in [0.3, 0.4) is 0 Å². The van der Waals surface area contributed by atoms with Crippen LogP contribution in [0.2, 0.25) is 0 Å². The van der Waals surface area contributed by atoms with Crippen molar-refractivity contribution < 1.29 is 9.59 Å². The second kappa shape index (κ2) is 5.09. The summed E-state index contributed by atoms with van der Waals surface area (Å²) in [4.78, 5) is 26.9. The third-order valence-corrected chi connectivity index (χ3v) is 5.58. The second-order valence-corrected chi connectivity index (χ2v) is 7.30. The molecule has 1 aromatic heterocycles. The Kier molecular flexibility index (Phi) is 3.56. The Balaban J connectivity index is 2.09. The Morgan fingerprint density at radius 2 is 2.00 bits per heavy atom. The Labute approximate surface area is 136 Å². The molecule has 0 saturated carbocycles. The lowest BCUT2D eigenvalue weighted by molar-refractivity contribution is -0.114. The Morgan fingerprint density at radius 1 is 1.25 bits per heavy atom. The molecule has 0 unspecified atom stereocenters. The van der Waals surface area contributed by atoms with Gasteiger partial charge in [-0.05, 0) is 52.0 Å². The first-order valence-corrected chi connectivity index (χ1v) is 8.34. The molecule has 0 aliphatic carbocycles. The highest BCUT2D eigenvalue weighted by atomic mass is 79.9. The van der Waals surface area contributed by atoms with Crippen LogP contribution in [0.5, 0.6) is 0 Å². The summed E-state index contributed by atoms with van der Waals surface area (Å²) in [5, 5.41) is 1.96. The van der Waals surface area contributed by atoms with Crippen LogP contribution >= 0.6 is 43.2 Å². The number of anilines is 1. The first kappa shape index (κ1) is 14.0.